The maximum atomic E-state index is 12.0. The van der Waals surface area contributed by atoms with Crippen LogP contribution < -0.4 is 0 Å². The molecule has 2 rings (SSSR count). The van der Waals surface area contributed by atoms with Crippen molar-refractivity contribution in [2.75, 3.05) is 25.2 Å². The maximum Gasteiger partial charge on any atom is 0.344 e. The molecule has 0 unspecified atom stereocenters. The smallest absolute Gasteiger partial charge is 0.344 e. The van der Waals surface area contributed by atoms with Crippen LogP contribution in [-0.2, 0) is 19.4 Å². The predicted octanol–water partition coefficient (Wildman–Crippen LogP) is 0.0937. The largest absolute Gasteiger partial charge is 0.452 e. The standard InChI is InChI=1S/C13H18N2O6S/c1-8-12(9(2)21-14-8)13(17)20-6-11(16)15(3)10-4-5-22(18,19)7-10/h10H,4-7H2,1-3H3/t10-/m1/s1. The minimum atomic E-state index is -3.07. The summed E-state index contributed by atoms with van der Waals surface area (Å²) in [5.74, 6) is -0.772. The molecule has 122 valence electrons. The number of hydrogen-bond donors (Lipinski definition) is 0. The van der Waals surface area contributed by atoms with E-state index in [-0.39, 0.29) is 23.1 Å². The molecule has 22 heavy (non-hydrogen) atoms. The molecule has 1 aromatic rings. The molecule has 9 heteroatoms. The molecule has 0 aliphatic carbocycles. The second kappa shape index (κ2) is 6.07. The fourth-order valence-electron chi connectivity index (χ4n) is 2.36. The van der Waals surface area contributed by atoms with E-state index in [1.54, 1.807) is 13.8 Å². The van der Waals surface area contributed by atoms with Gasteiger partial charge in [-0.25, -0.2) is 13.2 Å². The lowest BCUT2D eigenvalue weighted by atomic mass is 10.2. The topological polar surface area (TPSA) is 107 Å². The van der Waals surface area contributed by atoms with Crippen molar-refractivity contribution in [2.24, 2.45) is 0 Å². The number of aromatic nitrogens is 1. The number of carbonyl (C=O) groups is 2. The number of nitrogens with zero attached hydrogens (tertiary/aromatic N) is 2. The van der Waals surface area contributed by atoms with Crippen molar-refractivity contribution >= 4 is 21.7 Å². The van der Waals surface area contributed by atoms with Crippen molar-refractivity contribution in [2.45, 2.75) is 26.3 Å². The molecule has 0 aromatic carbocycles. The Kier molecular flexibility index (Phi) is 4.55. The first-order valence-electron chi connectivity index (χ1n) is 6.77. The molecule has 1 aliphatic rings. The first-order chi connectivity index (χ1) is 10.2. The summed E-state index contributed by atoms with van der Waals surface area (Å²) < 4.78 is 32.7. The number of likely N-dealkylation sites (N-methyl/N-ethyl adjacent to an activating group) is 1. The molecule has 0 N–H and O–H groups in total. The third kappa shape index (κ3) is 3.46. The molecule has 1 fully saturated rings. The molecule has 1 saturated heterocycles. The summed E-state index contributed by atoms with van der Waals surface area (Å²) in [4.78, 5) is 25.2. The van der Waals surface area contributed by atoms with Crippen LogP contribution in [0.1, 0.15) is 28.2 Å². The highest BCUT2D eigenvalue weighted by atomic mass is 32.2. The van der Waals surface area contributed by atoms with Crippen molar-refractivity contribution in [3.8, 4) is 0 Å². The average Bonchev–Trinajstić information content (AvgIpc) is 2.97. The Balaban J connectivity index is 1.91. The lowest BCUT2D eigenvalue weighted by Gasteiger charge is -2.23. The van der Waals surface area contributed by atoms with Gasteiger partial charge in [0.2, 0.25) is 0 Å². The summed E-state index contributed by atoms with van der Waals surface area (Å²) in [7, 11) is -1.56. The van der Waals surface area contributed by atoms with Crippen LogP contribution in [0.15, 0.2) is 4.52 Å². The van der Waals surface area contributed by atoms with Crippen LogP contribution in [0, 0.1) is 13.8 Å². The quantitative estimate of drug-likeness (QED) is 0.720. The Labute approximate surface area is 128 Å². The summed E-state index contributed by atoms with van der Waals surface area (Å²) >= 11 is 0. The third-order valence-corrected chi connectivity index (χ3v) is 5.46. The van der Waals surface area contributed by atoms with E-state index >= 15 is 0 Å². The van der Waals surface area contributed by atoms with Crippen LogP contribution in [0.25, 0.3) is 0 Å². The molecule has 0 saturated carbocycles. The molecule has 2 heterocycles. The number of amides is 1. The zero-order chi connectivity index (χ0) is 16.5. The van der Waals surface area contributed by atoms with E-state index in [0.717, 1.165) is 0 Å². The number of aryl methyl sites for hydroxylation is 2. The second-order valence-electron chi connectivity index (χ2n) is 5.34. The van der Waals surface area contributed by atoms with E-state index in [4.69, 9.17) is 9.26 Å². The van der Waals surface area contributed by atoms with Crippen LogP contribution in [0.4, 0.5) is 0 Å². The summed E-state index contributed by atoms with van der Waals surface area (Å²) in [6.45, 7) is 2.73. The third-order valence-electron chi connectivity index (χ3n) is 3.71. The zero-order valence-electron chi connectivity index (χ0n) is 12.7. The second-order valence-corrected chi connectivity index (χ2v) is 7.57. The monoisotopic (exact) mass is 330 g/mol. The molecule has 0 bridgehead atoms. The highest BCUT2D eigenvalue weighted by Crippen LogP contribution is 2.17. The van der Waals surface area contributed by atoms with Crippen LogP contribution >= 0.6 is 0 Å². The highest BCUT2D eigenvalue weighted by Gasteiger charge is 2.33. The van der Waals surface area contributed by atoms with Crippen LogP contribution in [0.2, 0.25) is 0 Å². The first kappa shape index (κ1) is 16.5. The zero-order valence-corrected chi connectivity index (χ0v) is 13.5. The van der Waals surface area contributed by atoms with Gasteiger partial charge in [-0.1, -0.05) is 5.16 Å². The summed E-state index contributed by atoms with van der Waals surface area (Å²) in [6, 6.07) is -0.365. The van der Waals surface area contributed by atoms with Crippen molar-refractivity contribution < 1.29 is 27.3 Å². The van der Waals surface area contributed by atoms with Gasteiger partial charge in [0.15, 0.2) is 16.4 Å². The molecule has 1 amide bonds. The molecule has 1 aromatic heterocycles. The lowest BCUT2D eigenvalue weighted by molar-refractivity contribution is -0.134. The van der Waals surface area contributed by atoms with Gasteiger partial charge in [-0.05, 0) is 20.3 Å². The van der Waals surface area contributed by atoms with Crippen molar-refractivity contribution in [3.63, 3.8) is 0 Å². The van der Waals surface area contributed by atoms with E-state index in [1.807, 2.05) is 0 Å². The van der Waals surface area contributed by atoms with Crippen LogP contribution in [0.3, 0.4) is 0 Å². The summed E-state index contributed by atoms with van der Waals surface area (Å²) in [5, 5.41) is 3.64. The Hall–Kier alpha value is -1.90. The van der Waals surface area contributed by atoms with Crippen LogP contribution in [0.5, 0.6) is 0 Å². The van der Waals surface area contributed by atoms with Crippen molar-refractivity contribution in [3.05, 3.63) is 17.0 Å². The van der Waals surface area contributed by atoms with E-state index in [2.05, 4.69) is 5.16 Å². The number of hydrogen-bond acceptors (Lipinski definition) is 7. The molecule has 8 nitrogen and oxygen atoms in total. The summed E-state index contributed by atoms with van der Waals surface area (Å²) in [5.41, 5.74) is 0.601. The number of carbonyl (C=O) groups excluding carboxylic acids is 2. The Morgan fingerprint density at radius 3 is 2.59 bits per heavy atom. The van der Waals surface area contributed by atoms with Crippen molar-refractivity contribution in [1.29, 1.82) is 0 Å². The van der Waals surface area contributed by atoms with E-state index in [1.165, 1.54) is 11.9 Å². The minimum Gasteiger partial charge on any atom is -0.452 e. The Morgan fingerprint density at radius 1 is 1.41 bits per heavy atom. The number of esters is 1. The van der Waals surface area contributed by atoms with Gasteiger partial charge in [0, 0.05) is 13.1 Å². The van der Waals surface area contributed by atoms with Gasteiger partial charge in [0.1, 0.15) is 11.3 Å². The molecule has 1 atom stereocenters. The van der Waals surface area contributed by atoms with E-state index in [0.29, 0.717) is 17.9 Å². The molecular weight excluding hydrogens is 312 g/mol. The molecular formula is C13H18N2O6S. The Bertz CT molecular complexity index is 674. The average molecular weight is 330 g/mol. The normalized spacial score (nSPS) is 19.9. The van der Waals surface area contributed by atoms with Gasteiger partial charge in [-0.3, -0.25) is 4.79 Å². The van der Waals surface area contributed by atoms with Gasteiger partial charge >= 0.3 is 5.97 Å². The fraction of sp³-hybridized carbons (Fsp3) is 0.615. The number of sulfone groups is 1. The minimum absolute atomic E-state index is 0.0486. The van der Waals surface area contributed by atoms with Gasteiger partial charge in [-0.2, -0.15) is 0 Å². The highest BCUT2D eigenvalue weighted by molar-refractivity contribution is 7.91. The molecule has 0 radical (unpaired) electrons. The van der Waals surface area contributed by atoms with Crippen molar-refractivity contribution in [1.82, 2.24) is 10.1 Å². The lowest BCUT2D eigenvalue weighted by Crippen LogP contribution is -2.40. The predicted molar refractivity (Wildman–Crippen MR) is 76.1 cm³/mol. The van der Waals surface area contributed by atoms with Gasteiger partial charge in [0.25, 0.3) is 5.91 Å². The first-order valence-corrected chi connectivity index (χ1v) is 8.59. The number of ether oxygens (including phenoxy) is 1. The van der Waals surface area contributed by atoms with Gasteiger partial charge in [-0.15, -0.1) is 0 Å². The van der Waals surface area contributed by atoms with E-state index < -0.39 is 28.3 Å². The SMILES string of the molecule is Cc1noc(C)c1C(=O)OCC(=O)N(C)[C@@H]1CCS(=O)(=O)C1. The van der Waals surface area contributed by atoms with Gasteiger partial charge < -0.3 is 14.2 Å². The molecule has 1 aliphatic heterocycles. The maximum absolute atomic E-state index is 12.0. The number of rotatable bonds is 4. The van der Waals surface area contributed by atoms with Gasteiger partial charge in [0.05, 0.1) is 17.2 Å². The summed E-state index contributed by atoms with van der Waals surface area (Å²) in [6.07, 6.45) is 0.405. The molecule has 0 spiro atoms. The van der Waals surface area contributed by atoms with E-state index in [9.17, 15) is 18.0 Å². The Morgan fingerprint density at radius 2 is 2.09 bits per heavy atom. The van der Waals surface area contributed by atoms with Crippen LogP contribution in [-0.4, -0.2) is 61.6 Å². The fourth-order valence-corrected chi connectivity index (χ4v) is 4.13.